The van der Waals surface area contributed by atoms with E-state index in [1.807, 2.05) is 0 Å². The Kier molecular flexibility index (Phi) is 6.20. The van der Waals surface area contributed by atoms with Gasteiger partial charge < -0.3 is 28.0 Å². The first-order chi connectivity index (χ1) is 7.33. The Balaban J connectivity index is 5.24. The highest BCUT2D eigenvalue weighted by Gasteiger charge is 2.49. The minimum atomic E-state index is -5.05. The SMILES string of the molecule is CC(C)OP(=O)([O-])C(Cl)(Cl)P(=O)([O-])OC(C)C. The molecular weight excluding hydrogens is 313 g/mol. The summed E-state index contributed by atoms with van der Waals surface area (Å²) in [5.41, 5.74) is 0. The fraction of sp³-hybridized carbons (Fsp3) is 1.00. The van der Waals surface area contributed by atoms with Crippen LogP contribution in [0.2, 0.25) is 0 Å². The van der Waals surface area contributed by atoms with Crippen molar-refractivity contribution in [3.8, 4) is 0 Å². The molecule has 0 saturated carbocycles. The van der Waals surface area contributed by atoms with E-state index in [-0.39, 0.29) is 0 Å². The van der Waals surface area contributed by atoms with E-state index in [4.69, 9.17) is 23.2 Å². The quantitative estimate of drug-likeness (QED) is 0.547. The van der Waals surface area contributed by atoms with Crippen molar-refractivity contribution < 1.29 is 28.0 Å². The van der Waals surface area contributed by atoms with Crippen molar-refractivity contribution in [2.75, 3.05) is 0 Å². The summed E-state index contributed by atoms with van der Waals surface area (Å²) in [5, 5.41) is 0. The average Bonchev–Trinajstić information content (AvgIpc) is 1.97. The van der Waals surface area contributed by atoms with Crippen LogP contribution in [0.4, 0.5) is 0 Å². The van der Waals surface area contributed by atoms with Gasteiger partial charge in [0.1, 0.15) is 0 Å². The first-order valence-electron chi connectivity index (χ1n) is 4.70. The molecule has 2 unspecified atom stereocenters. The second-order valence-corrected chi connectivity index (χ2v) is 10.3. The normalized spacial score (nSPS) is 20.4. The minimum absolute atomic E-state index is 0.783. The zero-order valence-electron chi connectivity index (χ0n) is 9.75. The van der Waals surface area contributed by atoms with Crippen LogP contribution in [-0.2, 0) is 18.2 Å². The molecule has 0 heterocycles. The summed E-state index contributed by atoms with van der Waals surface area (Å²) >= 11 is 10.7. The Bertz CT molecular complexity index is 324. The summed E-state index contributed by atoms with van der Waals surface area (Å²) in [5.74, 6) is 0. The van der Waals surface area contributed by atoms with Gasteiger partial charge in [-0.05, 0) is 27.7 Å². The molecule has 0 aliphatic carbocycles. The zero-order chi connectivity index (χ0) is 14.1. The van der Waals surface area contributed by atoms with Crippen LogP contribution in [0, 0.1) is 0 Å². The van der Waals surface area contributed by atoms with Gasteiger partial charge >= 0.3 is 0 Å². The second-order valence-electron chi connectivity index (χ2n) is 3.81. The van der Waals surface area contributed by atoms with Crippen LogP contribution < -0.4 is 9.79 Å². The fourth-order valence-electron chi connectivity index (χ4n) is 0.832. The Morgan fingerprint density at radius 3 is 1.35 bits per heavy atom. The molecule has 0 spiro atoms. The van der Waals surface area contributed by atoms with Gasteiger partial charge in [0, 0.05) is 0 Å². The molecule has 0 radical (unpaired) electrons. The van der Waals surface area contributed by atoms with E-state index < -0.39 is 31.2 Å². The predicted octanol–water partition coefficient (Wildman–Crippen LogP) is 2.03. The smallest absolute Gasteiger partial charge is 0.243 e. The van der Waals surface area contributed by atoms with Crippen LogP contribution in [0.25, 0.3) is 0 Å². The summed E-state index contributed by atoms with van der Waals surface area (Å²) in [7, 11) is -10.1. The highest BCUT2D eigenvalue weighted by atomic mass is 35.5. The van der Waals surface area contributed by atoms with Crippen molar-refractivity contribution in [1.29, 1.82) is 0 Å². The molecule has 17 heavy (non-hydrogen) atoms. The summed E-state index contributed by atoms with van der Waals surface area (Å²) in [6.45, 7) is 5.59. The van der Waals surface area contributed by atoms with Crippen LogP contribution in [0.5, 0.6) is 0 Å². The Morgan fingerprint density at radius 2 is 1.18 bits per heavy atom. The molecule has 2 atom stereocenters. The monoisotopic (exact) mass is 326 g/mol. The van der Waals surface area contributed by atoms with Crippen molar-refractivity contribution in [2.45, 2.75) is 43.7 Å². The largest absolute Gasteiger partial charge is 0.776 e. The molecule has 0 amide bonds. The number of rotatable bonds is 6. The third-order valence-electron chi connectivity index (χ3n) is 1.36. The molecule has 0 bridgehead atoms. The van der Waals surface area contributed by atoms with Crippen molar-refractivity contribution in [1.82, 2.24) is 0 Å². The number of hydrogen-bond acceptors (Lipinski definition) is 6. The number of alkyl halides is 2. The Hall–Kier alpha value is 0.880. The standard InChI is InChI=1S/C7H16Cl2O6P2/c1-5(2)14-16(10,11)7(8,9)17(12,13)15-6(3)4/h5-6H,1-4H3,(H,10,11)(H,12,13)/p-2. The fourth-order valence-corrected chi connectivity index (χ4v) is 4.16. The van der Waals surface area contributed by atoms with Crippen molar-refractivity contribution in [3.63, 3.8) is 0 Å². The zero-order valence-corrected chi connectivity index (χ0v) is 13.1. The lowest BCUT2D eigenvalue weighted by atomic mass is 10.5. The molecule has 0 rings (SSSR count). The molecule has 6 nitrogen and oxygen atoms in total. The maximum atomic E-state index is 11.6. The molecule has 0 aromatic heterocycles. The van der Waals surface area contributed by atoms with Gasteiger partial charge in [-0.25, -0.2) is 0 Å². The summed E-state index contributed by atoms with van der Waals surface area (Å²) in [6.07, 6.45) is -1.57. The van der Waals surface area contributed by atoms with Gasteiger partial charge in [0.05, 0.1) is 12.2 Å². The summed E-state index contributed by atoms with van der Waals surface area (Å²) < 4.78 is 28.9. The Morgan fingerprint density at radius 1 is 0.941 bits per heavy atom. The molecule has 0 aromatic rings. The van der Waals surface area contributed by atoms with Crippen LogP contribution in [0.15, 0.2) is 0 Å². The lowest BCUT2D eigenvalue weighted by molar-refractivity contribution is -0.213. The van der Waals surface area contributed by atoms with E-state index in [9.17, 15) is 18.9 Å². The van der Waals surface area contributed by atoms with E-state index in [2.05, 4.69) is 9.05 Å². The van der Waals surface area contributed by atoms with E-state index in [0.717, 1.165) is 0 Å². The molecule has 0 saturated heterocycles. The van der Waals surface area contributed by atoms with Crippen molar-refractivity contribution in [2.24, 2.45) is 0 Å². The van der Waals surface area contributed by atoms with Crippen molar-refractivity contribution >= 4 is 38.4 Å². The summed E-state index contributed by atoms with van der Waals surface area (Å²) in [6, 6.07) is 0. The highest BCUT2D eigenvalue weighted by Crippen LogP contribution is 2.74. The van der Waals surface area contributed by atoms with Crippen LogP contribution in [-0.4, -0.2) is 16.0 Å². The average molecular weight is 327 g/mol. The van der Waals surface area contributed by atoms with Crippen LogP contribution >= 0.6 is 38.4 Å². The van der Waals surface area contributed by atoms with Gasteiger partial charge in [-0.15, -0.1) is 0 Å². The number of halogens is 2. The lowest BCUT2D eigenvalue weighted by Crippen LogP contribution is -2.31. The molecule has 0 N–H and O–H groups in total. The first kappa shape index (κ1) is 17.9. The molecule has 10 heteroatoms. The first-order valence-corrected chi connectivity index (χ1v) is 8.54. The lowest BCUT2D eigenvalue weighted by Gasteiger charge is -2.43. The summed E-state index contributed by atoms with van der Waals surface area (Å²) in [4.78, 5) is 23.2. The molecular formula is C7H14Cl2O6P2-2. The second kappa shape index (κ2) is 5.89. The van der Waals surface area contributed by atoms with Gasteiger partial charge in [-0.3, -0.25) is 0 Å². The predicted molar refractivity (Wildman–Crippen MR) is 62.1 cm³/mol. The maximum absolute atomic E-state index is 11.6. The topological polar surface area (TPSA) is 98.7 Å². The molecule has 0 aliphatic heterocycles. The van der Waals surface area contributed by atoms with Crippen LogP contribution in [0.3, 0.4) is 0 Å². The van der Waals surface area contributed by atoms with Gasteiger partial charge in [0.25, 0.3) is 0 Å². The third kappa shape index (κ3) is 4.48. The molecule has 0 aromatic carbocycles. The van der Waals surface area contributed by atoms with Gasteiger partial charge in [0.2, 0.25) is 3.82 Å². The van der Waals surface area contributed by atoms with E-state index in [1.54, 1.807) is 0 Å². The van der Waals surface area contributed by atoms with E-state index in [0.29, 0.717) is 0 Å². The molecule has 104 valence electrons. The van der Waals surface area contributed by atoms with E-state index >= 15 is 0 Å². The van der Waals surface area contributed by atoms with Crippen LogP contribution in [0.1, 0.15) is 27.7 Å². The van der Waals surface area contributed by atoms with Crippen molar-refractivity contribution in [3.05, 3.63) is 0 Å². The highest BCUT2D eigenvalue weighted by molar-refractivity contribution is 7.78. The van der Waals surface area contributed by atoms with Gasteiger partial charge in [-0.2, -0.15) is 0 Å². The molecule has 0 aliphatic rings. The maximum Gasteiger partial charge on any atom is 0.243 e. The third-order valence-corrected chi connectivity index (χ3v) is 8.03. The van der Waals surface area contributed by atoms with E-state index in [1.165, 1.54) is 27.7 Å². The van der Waals surface area contributed by atoms with Gasteiger partial charge in [0.15, 0.2) is 15.2 Å². The number of hydrogen-bond donors (Lipinski definition) is 0. The minimum Gasteiger partial charge on any atom is -0.776 e. The molecule has 0 fully saturated rings. The van der Waals surface area contributed by atoms with Gasteiger partial charge in [-0.1, -0.05) is 23.2 Å². The Labute approximate surface area is 110 Å².